The molecule has 1 aromatic rings. The molecular formula is C13H17N3O4. The molecule has 0 aliphatic carbocycles. The first kappa shape index (κ1) is 14.3. The highest BCUT2D eigenvalue weighted by Gasteiger charge is 2.21. The van der Waals surface area contributed by atoms with Crippen molar-refractivity contribution >= 4 is 17.3 Å². The fourth-order valence-corrected chi connectivity index (χ4v) is 2.11. The van der Waals surface area contributed by atoms with Crippen LogP contribution in [0.1, 0.15) is 17.3 Å². The van der Waals surface area contributed by atoms with Crippen LogP contribution in [0.4, 0.5) is 11.4 Å². The quantitative estimate of drug-likeness (QED) is 0.667. The Morgan fingerprint density at radius 1 is 1.45 bits per heavy atom. The minimum atomic E-state index is -0.457. The molecule has 0 atom stereocenters. The Morgan fingerprint density at radius 3 is 2.75 bits per heavy atom. The van der Waals surface area contributed by atoms with E-state index in [4.69, 9.17) is 4.74 Å². The lowest BCUT2D eigenvalue weighted by Gasteiger charge is -2.27. The van der Waals surface area contributed by atoms with Gasteiger partial charge in [0.15, 0.2) is 0 Å². The van der Waals surface area contributed by atoms with Crippen LogP contribution in [-0.2, 0) is 4.74 Å². The van der Waals surface area contributed by atoms with Crippen molar-refractivity contribution in [3.8, 4) is 0 Å². The number of ether oxygens (including phenoxy) is 1. The van der Waals surface area contributed by atoms with Gasteiger partial charge in [0.2, 0.25) is 0 Å². The Balaban J connectivity index is 2.25. The Kier molecular flexibility index (Phi) is 4.52. The van der Waals surface area contributed by atoms with Crippen molar-refractivity contribution in [3.63, 3.8) is 0 Å². The largest absolute Gasteiger partial charge is 0.380 e. The first-order chi connectivity index (χ1) is 9.63. The molecule has 7 nitrogen and oxygen atoms in total. The summed E-state index contributed by atoms with van der Waals surface area (Å²) in [6.45, 7) is 4.55. The predicted octanol–water partition coefficient (Wildman–Crippen LogP) is 1.50. The van der Waals surface area contributed by atoms with Crippen LogP contribution in [0.2, 0.25) is 0 Å². The van der Waals surface area contributed by atoms with E-state index < -0.39 is 4.92 Å². The summed E-state index contributed by atoms with van der Waals surface area (Å²) in [4.78, 5) is 24.5. The summed E-state index contributed by atoms with van der Waals surface area (Å²) in [5.74, 6) is -0.123. The van der Waals surface area contributed by atoms with E-state index >= 15 is 0 Å². The number of morpholine rings is 1. The van der Waals surface area contributed by atoms with Crippen molar-refractivity contribution in [1.82, 2.24) is 4.90 Å². The normalized spacial score (nSPS) is 14.9. The Hall–Kier alpha value is -2.15. The fraction of sp³-hybridized carbons (Fsp3) is 0.462. The lowest BCUT2D eigenvalue weighted by molar-refractivity contribution is -0.384. The molecule has 1 N–H and O–H groups in total. The van der Waals surface area contributed by atoms with Crippen molar-refractivity contribution in [3.05, 3.63) is 33.9 Å². The van der Waals surface area contributed by atoms with E-state index in [9.17, 15) is 14.9 Å². The van der Waals surface area contributed by atoms with Gasteiger partial charge in [-0.2, -0.15) is 0 Å². The summed E-state index contributed by atoms with van der Waals surface area (Å²) in [6, 6.07) is 4.40. The first-order valence-corrected chi connectivity index (χ1v) is 6.52. The highest BCUT2D eigenvalue weighted by Crippen LogP contribution is 2.26. The number of nitro benzene ring substituents is 1. The predicted molar refractivity (Wildman–Crippen MR) is 74.0 cm³/mol. The van der Waals surface area contributed by atoms with Gasteiger partial charge in [0, 0.05) is 31.3 Å². The van der Waals surface area contributed by atoms with Gasteiger partial charge in [-0.1, -0.05) is 0 Å². The van der Waals surface area contributed by atoms with Gasteiger partial charge in [-0.15, -0.1) is 0 Å². The average molecular weight is 279 g/mol. The minimum absolute atomic E-state index is 0.0228. The SMILES string of the molecule is CCNc1cc(C(=O)N2CCOCC2)ccc1[N+](=O)[O-]. The number of nitrogens with zero attached hydrogens (tertiary/aromatic N) is 2. The molecule has 0 spiro atoms. The Morgan fingerprint density at radius 2 is 2.15 bits per heavy atom. The van der Waals surface area contributed by atoms with E-state index in [-0.39, 0.29) is 11.6 Å². The molecule has 0 unspecified atom stereocenters. The van der Waals surface area contributed by atoms with Crippen molar-refractivity contribution in [2.24, 2.45) is 0 Å². The monoisotopic (exact) mass is 279 g/mol. The topological polar surface area (TPSA) is 84.7 Å². The third kappa shape index (κ3) is 3.05. The van der Waals surface area contributed by atoms with Gasteiger partial charge in [-0.3, -0.25) is 14.9 Å². The maximum absolute atomic E-state index is 12.3. The van der Waals surface area contributed by atoms with Crippen molar-refractivity contribution in [2.75, 3.05) is 38.2 Å². The van der Waals surface area contributed by atoms with E-state index in [1.54, 1.807) is 11.0 Å². The van der Waals surface area contributed by atoms with Gasteiger partial charge >= 0.3 is 0 Å². The molecule has 1 saturated heterocycles. The molecule has 1 aliphatic rings. The highest BCUT2D eigenvalue weighted by atomic mass is 16.6. The average Bonchev–Trinajstić information content (AvgIpc) is 2.47. The molecule has 7 heteroatoms. The van der Waals surface area contributed by atoms with Crippen molar-refractivity contribution < 1.29 is 14.5 Å². The van der Waals surface area contributed by atoms with Gasteiger partial charge < -0.3 is 15.0 Å². The van der Waals surface area contributed by atoms with Gasteiger partial charge in [0.25, 0.3) is 11.6 Å². The molecule has 1 aliphatic heterocycles. The molecule has 2 rings (SSSR count). The van der Waals surface area contributed by atoms with E-state index in [2.05, 4.69) is 5.32 Å². The number of anilines is 1. The summed E-state index contributed by atoms with van der Waals surface area (Å²) in [5.41, 5.74) is 0.801. The summed E-state index contributed by atoms with van der Waals surface area (Å²) >= 11 is 0. The lowest BCUT2D eigenvalue weighted by Crippen LogP contribution is -2.40. The van der Waals surface area contributed by atoms with Crippen molar-refractivity contribution in [1.29, 1.82) is 0 Å². The van der Waals surface area contributed by atoms with E-state index in [1.807, 2.05) is 6.92 Å². The zero-order valence-corrected chi connectivity index (χ0v) is 11.3. The molecular weight excluding hydrogens is 262 g/mol. The standard InChI is InChI=1S/C13H17N3O4/c1-2-14-11-9-10(3-4-12(11)16(18)19)13(17)15-5-7-20-8-6-15/h3-4,9,14H,2,5-8H2,1H3. The number of nitrogens with one attached hydrogen (secondary N) is 1. The molecule has 1 fully saturated rings. The van der Waals surface area contributed by atoms with Crippen LogP contribution in [0.5, 0.6) is 0 Å². The highest BCUT2D eigenvalue weighted by molar-refractivity contribution is 5.96. The fourth-order valence-electron chi connectivity index (χ4n) is 2.11. The Bertz CT molecular complexity index is 512. The maximum Gasteiger partial charge on any atom is 0.292 e. The number of carbonyl (C=O) groups is 1. The van der Waals surface area contributed by atoms with E-state index in [0.29, 0.717) is 44.1 Å². The summed E-state index contributed by atoms with van der Waals surface area (Å²) in [5, 5.41) is 13.9. The molecule has 1 amide bonds. The number of hydrogen-bond acceptors (Lipinski definition) is 5. The second-order valence-corrected chi connectivity index (χ2v) is 4.42. The van der Waals surface area contributed by atoms with Crippen LogP contribution in [0.3, 0.4) is 0 Å². The number of benzene rings is 1. The van der Waals surface area contributed by atoms with E-state index in [1.165, 1.54) is 12.1 Å². The van der Waals surface area contributed by atoms with Gasteiger partial charge in [-0.05, 0) is 19.1 Å². The second-order valence-electron chi connectivity index (χ2n) is 4.42. The van der Waals surface area contributed by atoms with Gasteiger partial charge in [0.05, 0.1) is 18.1 Å². The zero-order chi connectivity index (χ0) is 14.5. The molecule has 108 valence electrons. The van der Waals surface area contributed by atoms with Crippen LogP contribution in [-0.4, -0.2) is 48.6 Å². The number of rotatable bonds is 4. The van der Waals surface area contributed by atoms with Crippen LogP contribution in [0, 0.1) is 10.1 Å². The molecule has 0 aromatic heterocycles. The molecule has 0 radical (unpaired) electrons. The van der Waals surface area contributed by atoms with Crippen LogP contribution >= 0.6 is 0 Å². The number of amides is 1. The van der Waals surface area contributed by atoms with E-state index in [0.717, 1.165) is 0 Å². The molecule has 20 heavy (non-hydrogen) atoms. The number of carbonyl (C=O) groups excluding carboxylic acids is 1. The summed E-state index contributed by atoms with van der Waals surface area (Å²) in [7, 11) is 0. The van der Waals surface area contributed by atoms with Crippen molar-refractivity contribution in [2.45, 2.75) is 6.92 Å². The smallest absolute Gasteiger partial charge is 0.292 e. The maximum atomic E-state index is 12.3. The first-order valence-electron chi connectivity index (χ1n) is 6.52. The van der Waals surface area contributed by atoms with Crippen LogP contribution < -0.4 is 5.32 Å². The molecule has 0 bridgehead atoms. The Labute approximate surface area is 116 Å². The number of nitro groups is 1. The summed E-state index contributed by atoms with van der Waals surface area (Å²) in [6.07, 6.45) is 0. The third-order valence-electron chi connectivity index (χ3n) is 3.11. The van der Waals surface area contributed by atoms with Gasteiger partial charge in [-0.25, -0.2) is 0 Å². The van der Waals surface area contributed by atoms with Gasteiger partial charge in [0.1, 0.15) is 5.69 Å². The third-order valence-corrected chi connectivity index (χ3v) is 3.11. The minimum Gasteiger partial charge on any atom is -0.380 e. The zero-order valence-electron chi connectivity index (χ0n) is 11.3. The van der Waals surface area contributed by atoms with Crippen LogP contribution in [0.25, 0.3) is 0 Å². The lowest BCUT2D eigenvalue weighted by atomic mass is 10.1. The summed E-state index contributed by atoms with van der Waals surface area (Å²) < 4.78 is 5.20. The molecule has 1 heterocycles. The number of hydrogen-bond donors (Lipinski definition) is 1. The molecule has 1 aromatic carbocycles. The second kappa shape index (κ2) is 6.33. The molecule has 0 saturated carbocycles. The van der Waals surface area contributed by atoms with Crippen LogP contribution in [0.15, 0.2) is 18.2 Å².